The van der Waals surface area contributed by atoms with Crippen molar-refractivity contribution in [3.8, 4) is 11.5 Å². The van der Waals surface area contributed by atoms with Crippen LogP contribution in [0.2, 0.25) is 0 Å². The number of unbranched alkanes of at least 4 members (excludes halogenated alkanes) is 1. The smallest absolute Gasteiger partial charge is 0.243 e. The molecule has 0 fully saturated rings. The van der Waals surface area contributed by atoms with E-state index in [0.717, 1.165) is 35.7 Å². The number of methoxy groups -OCH3 is 1. The minimum atomic E-state index is -0.124. The minimum absolute atomic E-state index is 0.124. The predicted molar refractivity (Wildman–Crippen MR) is 108 cm³/mol. The third kappa shape index (κ3) is 8.00. The molecule has 0 heterocycles. The number of nitrogens with one attached hydrogen (secondary N) is 2. The summed E-state index contributed by atoms with van der Waals surface area (Å²) in [6.45, 7) is 4.03. The molecule has 0 saturated heterocycles. The van der Waals surface area contributed by atoms with Crippen LogP contribution < -0.4 is 20.1 Å². The van der Waals surface area contributed by atoms with Crippen LogP contribution in [0.4, 0.5) is 11.4 Å². The van der Waals surface area contributed by atoms with Crippen LogP contribution in [0.25, 0.3) is 0 Å². The zero-order valence-electron chi connectivity index (χ0n) is 16.0. The number of anilines is 2. The highest BCUT2D eigenvalue weighted by molar-refractivity contribution is 5.93. The van der Waals surface area contributed by atoms with Gasteiger partial charge in [0.15, 0.2) is 0 Å². The third-order valence-corrected chi connectivity index (χ3v) is 3.75. The summed E-state index contributed by atoms with van der Waals surface area (Å²) in [7, 11) is 1.64. The molecule has 0 radical (unpaired) electrons. The van der Waals surface area contributed by atoms with E-state index in [2.05, 4.69) is 17.6 Å². The second kappa shape index (κ2) is 11.8. The lowest BCUT2D eigenvalue weighted by molar-refractivity contribution is -0.114. The van der Waals surface area contributed by atoms with Crippen LogP contribution in [0, 0.1) is 0 Å². The van der Waals surface area contributed by atoms with Gasteiger partial charge in [-0.3, -0.25) is 4.79 Å². The minimum Gasteiger partial charge on any atom is -0.494 e. The summed E-state index contributed by atoms with van der Waals surface area (Å²) in [4.78, 5) is 12.1. The quantitative estimate of drug-likeness (QED) is 0.552. The summed E-state index contributed by atoms with van der Waals surface area (Å²) >= 11 is 0. The molecule has 6 heteroatoms. The lowest BCUT2D eigenvalue weighted by atomic mass is 10.3. The molecular formula is C21H28N2O4. The zero-order valence-corrected chi connectivity index (χ0v) is 16.0. The first-order valence-electron chi connectivity index (χ1n) is 9.19. The van der Waals surface area contributed by atoms with Gasteiger partial charge in [-0.25, -0.2) is 0 Å². The Kier molecular flexibility index (Phi) is 9.00. The Labute approximate surface area is 160 Å². The molecule has 146 valence electrons. The van der Waals surface area contributed by atoms with E-state index in [0.29, 0.717) is 19.8 Å². The van der Waals surface area contributed by atoms with Crippen molar-refractivity contribution in [2.45, 2.75) is 19.8 Å². The third-order valence-electron chi connectivity index (χ3n) is 3.75. The Bertz CT molecular complexity index is 689. The van der Waals surface area contributed by atoms with Gasteiger partial charge in [0, 0.05) is 24.6 Å². The zero-order chi connectivity index (χ0) is 19.3. The maximum absolute atomic E-state index is 12.1. The van der Waals surface area contributed by atoms with Gasteiger partial charge >= 0.3 is 0 Å². The van der Waals surface area contributed by atoms with E-state index in [4.69, 9.17) is 14.2 Å². The monoisotopic (exact) mass is 372 g/mol. The molecule has 0 spiro atoms. The Hall–Kier alpha value is -2.73. The van der Waals surface area contributed by atoms with Crippen molar-refractivity contribution in [1.82, 2.24) is 0 Å². The average molecular weight is 372 g/mol. The second-order valence-corrected chi connectivity index (χ2v) is 6.00. The van der Waals surface area contributed by atoms with Crippen LogP contribution in [-0.2, 0) is 9.53 Å². The summed E-state index contributed by atoms with van der Waals surface area (Å²) in [6.07, 6.45) is 2.10. The van der Waals surface area contributed by atoms with Crippen LogP contribution in [0.15, 0.2) is 48.5 Å². The van der Waals surface area contributed by atoms with Crippen molar-refractivity contribution >= 4 is 17.3 Å². The standard InChI is InChI=1S/C21H28N2O4/c1-3-4-12-26-20-7-5-6-18(15-20)23-21(24)16-22-17-8-10-19(11-9-17)27-14-13-25-2/h5-11,15,22H,3-4,12-14,16H2,1-2H3,(H,23,24). The summed E-state index contributed by atoms with van der Waals surface area (Å²) in [5, 5.41) is 5.96. The van der Waals surface area contributed by atoms with E-state index in [-0.39, 0.29) is 12.5 Å². The molecule has 27 heavy (non-hydrogen) atoms. The van der Waals surface area contributed by atoms with E-state index in [1.165, 1.54) is 0 Å². The summed E-state index contributed by atoms with van der Waals surface area (Å²) in [5.74, 6) is 1.40. The van der Waals surface area contributed by atoms with Gasteiger partial charge in [-0.15, -0.1) is 0 Å². The van der Waals surface area contributed by atoms with Crippen LogP contribution in [0.1, 0.15) is 19.8 Å². The molecule has 2 aromatic rings. The first-order chi connectivity index (χ1) is 13.2. The molecule has 0 atom stereocenters. The molecule has 0 aromatic heterocycles. The van der Waals surface area contributed by atoms with Gasteiger partial charge in [0.1, 0.15) is 18.1 Å². The molecule has 0 bridgehead atoms. The fourth-order valence-electron chi connectivity index (χ4n) is 2.30. The highest BCUT2D eigenvalue weighted by Crippen LogP contribution is 2.18. The summed E-state index contributed by atoms with van der Waals surface area (Å²) in [5.41, 5.74) is 1.57. The maximum Gasteiger partial charge on any atom is 0.243 e. The van der Waals surface area contributed by atoms with Crippen molar-refractivity contribution in [3.63, 3.8) is 0 Å². The van der Waals surface area contributed by atoms with E-state index in [1.54, 1.807) is 7.11 Å². The molecule has 0 unspecified atom stereocenters. The molecule has 2 rings (SSSR count). The topological polar surface area (TPSA) is 68.8 Å². The molecule has 0 aliphatic heterocycles. The molecule has 0 aliphatic rings. The van der Waals surface area contributed by atoms with Crippen molar-refractivity contribution in [2.24, 2.45) is 0 Å². The van der Waals surface area contributed by atoms with Gasteiger partial charge in [0.25, 0.3) is 0 Å². The maximum atomic E-state index is 12.1. The Morgan fingerprint density at radius 1 is 0.926 bits per heavy atom. The Morgan fingerprint density at radius 3 is 2.44 bits per heavy atom. The molecular weight excluding hydrogens is 344 g/mol. The van der Waals surface area contributed by atoms with E-state index in [1.807, 2.05) is 48.5 Å². The van der Waals surface area contributed by atoms with Crippen molar-refractivity contribution in [3.05, 3.63) is 48.5 Å². The molecule has 1 amide bonds. The molecule has 6 nitrogen and oxygen atoms in total. The largest absolute Gasteiger partial charge is 0.494 e. The SMILES string of the molecule is CCCCOc1cccc(NC(=O)CNc2ccc(OCCOC)cc2)c1. The highest BCUT2D eigenvalue weighted by Gasteiger charge is 2.04. The number of benzene rings is 2. The van der Waals surface area contributed by atoms with Gasteiger partial charge in [0.05, 0.1) is 19.8 Å². The number of hydrogen-bond acceptors (Lipinski definition) is 5. The lowest BCUT2D eigenvalue weighted by Gasteiger charge is -2.11. The number of carbonyl (C=O) groups is 1. The molecule has 0 saturated carbocycles. The molecule has 0 aliphatic carbocycles. The molecule has 2 aromatic carbocycles. The highest BCUT2D eigenvalue weighted by atomic mass is 16.5. The van der Waals surface area contributed by atoms with Gasteiger partial charge in [-0.1, -0.05) is 19.4 Å². The van der Waals surface area contributed by atoms with Crippen molar-refractivity contribution < 1.29 is 19.0 Å². The summed E-state index contributed by atoms with van der Waals surface area (Å²) < 4.78 is 16.1. The van der Waals surface area contributed by atoms with Crippen LogP contribution in [0.3, 0.4) is 0 Å². The fraction of sp³-hybridized carbons (Fsp3) is 0.381. The molecule has 2 N–H and O–H groups in total. The van der Waals surface area contributed by atoms with Gasteiger partial charge in [0.2, 0.25) is 5.91 Å². The Balaban J connectivity index is 1.76. The number of rotatable bonds is 12. The van der Waals surface area contributed by atoms with E-state index in [9.17, 15) is 4.79 Å². The average Bonchev–Trinajstić information content (AvgIpc) is 2.68. The van der Waals surface area contributed by atoms with Crippen LogP contribution >= 0.6 is 0 Å². The van der Waals surface area contributed by atoms with Crippen molar-refractivity contribution in [1.29, 1.82) is 0 Å². The van der Waals surface area contributed by atoms with Gasteiger partial charge in [-0.2, -0.15) is 0 Å². The second-order valence-electron chi connectivity index (χ2n) is 6.00. The number of ether oxygens (including phenoxy) is 3. The Morgan fingerprint density at radius 2 is 1.70 bits per heavy atom. The van der Waals surface area contributed by atoms with Crippen LogP contribution in [-0.4, -0.2) is 39.4 Å². The first-order valence-corrected chi connectivity index (χ1v) is 9.19. The lowest BCUT2D eigenvalue weighted by Crippen LogP contribution is -2.21. The van der Waals surface area contributed by atoms with Crippen LogP contribution in [0.5, 0.6) is 11.5 Å². The number of hydrogen-bond donors (Lipinski definition) is 2. The van der Waals surface area contributed by atoms with Crippen molar-refractivity contribution in [2.75, 3.05) is 44.1 Å². The number of carbonyl (C=O) groups excluding carboxylic acids is 1. The predicted octanol–water partition coefficient (Wildman–Crippen LogP) is 3.94. The van der Waals surface area contributed by atoms with Gasteiger partial charge in [-0.05, 0) is 42.8 Å². The fourth-order valence-corrected chi connectivity index (χ4v) is 2.30. The first kappa shape index (κ1) is 20.6. The number of amides is 1. The normalized spacial score (nSPS) is 10.3. The van der Waals surface area contributed by atoms with Gasteiger partial charge < -0.3 is 24.8 Å². The van der Waals surface area contributed by atoms with E-state index < -0.39 is 0 Å². The summed E-state index contributed by atoms with van der Waals surface area (Å²) in [6, 6.07) is 14.9. The van der Waals surface area contributed by atoms with E-state index >= 15 is 0 Å².